The third-order valence-electron chi connectivity index (χ3n) is 2.24. The maximum absolute atomic E-state index is 11.7. The lowest BCUT2D eigenvalue weighted by molar-refractivity contribution is 0.0528. The Morgan fingerprint density at radius 3 is 3.13 bits per heavy atom. The average molecular weight is 204 g/mol. The predicted octanol–water partition coefficient (Wildman–Crippen LogP) is 2.05. The molecule has 2 aromatic heterocycles. The number of fused-ring (bicyclic) bond motifs is 1. The van der Waals surface area contributed by atoms with Gasteiger partial charge in [-0.05, 0) is 26.0 Å². The van der Waals surface area contributed by atoms with Crippen molar-refractivity contribution in [3.63, 3.8) is 0 Å². The van der Waals surface area contributed by atoms with Gasteiger partial charge in [0.25, 0.3) is 0 Å². The number of rotatable bonds is 2. The van der Waals surface area contributed by atoms with Crippen molar-refractivity contribution in [1.29, 1.82) is 0 Å². The van der Waals surface area contributed by atoms with Crippen molar-refractivity contribution in [3.8, 4) is 0 Å². The van der Waals surface area contributed by atoms with Gasteiger partial charge in [0.1, 0.15) is 5.65 Å². The van der Waals surface area contributed by atoms with Crippen LogP contribution in [0.3, 0.4) is 0 Å². The second-order valence-corrected chi connectivity index (χ2v) is 3.25. The molecule has 2 heterocycles. The third-order valence-corrected chi connectivity index (χ3v) is 2.24. The molecule has 0 saturated carbocycles. The van der Waals surface area contributed by atoms with Crippen molar-refractivity contribution in [2.45, 2.75) is 13.8 Å². The van der Waals surface area contributed by atoms with Gasteiger partial charge < -0.3 is 9.72 Å². The SMILES string of the molecule is CCOC(=O)c1c(C)[nH]c2ncccc12. The molecule has 4 nitrogen and oxygen atoms in total. The van der Waals surface area contributed by atoms with Crippen LogP contribution < -0.4 is 0 Å². The second-order valence-electron chi connectivity index (χ2n) is 3.25. The summed E-state index contributed by atoms with van der Waals surface area (Å²) in [6, 6.07) is 3.66. The topological polar surface area (TPSA) is 55.0 Å². The highest BCUT2D eigenvalue weighted by Gasteiger charge is 2.16. The number of H-pyrrole nitrogens is 1. The number of esters is 1. The van der Waals surface area contributed by atoms with E-state index in [1.165, 1.54) is 0 Å². The molecule has 0 unspecified atom stereocenters. The minimum absolute atomic E-state index is 0.297. The van der Waals surface area contributed by atoms with Crippen molar-refractivity contribution >= 4 is 17.0 Å². The van der Waals surface area contributed by atoms with E-state index in [0.29, 0.717) is 12.2 Å². The van der Waals surface area contributed by atoms with Gasteiger partial charge in [0.05, 0.1) is 12.2 Å². The van der Waals surface area contributed by atoms with Gasteiger partial charge in [-0.3, -0.25) is 0 Å². The van der Waals surface area contributed by atoms with Crippen LogP contribution in [0, 0.1) is 6.92 Å². The summed E-state index contributed by atoms with van der Waals surface area (Å²) in [4.78, 5) is 18.9. The summed E-state index contributed by atoms with van der Waals surface area (Å²) in [5.74, 6) is -0.297. The molecular formula is C11H12N2O2. The van der Waals surface area contributed by atoms with Crippen LogP contribution in [0.2, 0.25) is 0 Å². The van der Waals surface area contributed by atoms with E-state index in [4.69, 9.17) is 4.74 Å². The molecule has 1 N–H and O–H groups in total. The van der Waals surface area contributed by atoms with Crippen molar-refractivity contribution in [2.24, 2.45) is 0 Å². The van der Waals surface area contributed by atoms with Gasteiger partial charge in [-0.1, -0.05) is 0 Å². The fraction of sp³-hybridized carbons (Fsp3) is 0.273. The smallest absolute Gasteiger partial charge is 0.340 e. The van der Waals surface area contributed by atoms with Crippen LogP contribution in [0.25, 0.3) is 11.0 Å². The molecule has 0 aliphatic carbocycles. The average Bonchev–Trinajstić information content (AvgIpc) is 2.54. The molecule has 2 rings (SSSR count). The molecule has 2 aromatic rings. The van der Waals surface area contributed by atoms with Gasteiger partial charge in [-0.15, -0.1) is 0 Å². The van der Waals surface area contributed by atoms with Crippen molar-refractivity contribution in [2.75, 3.05) is 6.61 Å². The molecule has 0 amide bonds. The first-order chi connectivity index (χ1) is 7.24. The molecule has 0 fully saturated rings. The number of carbonyl (C=O) groups is 1. The molecule has 0 bridgehead atoms. The summed E-state index contributed by atoms with van der Waals surface area (Å²) >= 11 is 0. The standard InChI is InChI=1S/C11H12N2O2/c1-3-15-11(14)9-7(2)13-10-8(9)5-4-6-12-10/h4-6H,3H2,1-2H3,(H,12,13). The molecule has 15 heavy (non-hydrogen) atoms. The van der Waals surface area contributed by atoms with E-state index in [9.17, 15) is 4.79 Å². The maximum atomic E-state index is 11.7. The number of aromatic amines is 1. The number of pyridine rings is 1. The van der Waals surface area contributed by atoms with Gasteiger partial charge in [0.15, 0.2) is 0 Å². The van der Waals surface area contributed by atoms with E-state index < -0.39 is 0 Å². The predicted molar refractivity (Wildman–Crippen MR) is 56.8 cm³/mol. The van der Waals surface area contributed by atoms with Gasteiger partial charge in [-0.2, -0.15) is 0 Å². The second kappa shape index (κ2) is 3.73. The monoisotopic (exact) mass is 204 g/mol. The van der Waals surface area contributed by atoms with E-state index in [1.807, 2.05) is 13.0 Å². The minimum atomic E-state index is -0.297. The molecule has 0 radical (unpaired) electrons. The zero-order valence-corrected chi connectivity index (χ0v) is 8.70. The van der Waals surface area contributed by atoms with E-state index in [1.54, 1.807) is 19.2 Å². The van der Waals surface area contributed by atoms with Crippen LogP contribution in [0.5, 0.6) is 0 Å². The molecule has 0 saturated heterocycles. The van der Waals surface area contributed by atoms with E-state index in [0.717, 1.165) is 16.7 Å². The maximum Gasteiger partial charge on any atom is 0.340 e. The molecule has 0 atom stereocenters. The van der Waals surface area contributed by atoms with E-state index >= 15 is 0 Å². The number of aromatic nitrogens is 2. The van der Waals surface area contributed by atoms with Crippen LogP contribution in [0.4, 0.5) is 0 Å². The summed E-state index contributed by atoms with van der Waals surface area (Å²) in [5.41, 5.74) is 2.10. The van der Waals surface area contributed by atoms with Crippen LogP contribution in [0.15, 0.2) is 18.3 Å². The Hall–Kier alpha value is -1.84. The van der Waals surface area contributed by atoms with Crippen LogP contribution in [-0.2, 0) is 4.74 Å². The Morgan fingerprint density at radius 2 is 2.40 bits per heavy atom. The molecule has 0 aliphatic rings. The number of ether oxygens (including phenoxy) is 1. The number of nitrogens with zero attached hydrogens (tertiary/aromatic N) is 1. The Bertz CT molecular complexity index is 502. The summed E-state index contributed by atoms with van der Waals surface area (Å²) in [7, 11) is 0. The Balaban J connectivity index is 2.58. The van der Waals surface area contributed by atoms with Crippen LogP contribution in [-0.4, -0.2) is 22.5 Å². The highest BCUT2D eigenvalue weighted by molar-refractivity contribution is 6.04. The molecule has 0 aromatic carbocycles. The summed E-state index contributed by atoms with van der Waals surface area (Å²) in [5, 5.41) is 0.813. The number of nitrogens with one attached hydrogen (secondary N) is 1. The van der Waals surface area contributed by atoms with Gasteiger partial charge in [0, 0.05) is 17.3 Å². The minimum Gasteiger partial charge on any atom is -0.462 e. The number of hydrogen-bond acceptors (Lipinski definition) is 3. The Kier molecular flexibility index (Phi) is 2.41. The fourth-order valence-corrected chi connectivity index (χ4v) is 1.62. The lowest BCUT2D eigenvalue weighted by Crippen LogP contribution is -2.05. The first kappa shape index (κ1) is 9.71. The largest absolute Gasteiger partial charge is 0.462 e. The summed E-state index contributed by atoms with van der Waals surface area (Å²) in [6.07, 6.45) is 1.69. The van der Waals surface area contributed by atoms with Crippen molar-refractivity contribution in [1.82, 2.24) is 9.97 Å². The fourth-order valence-electron chi connectivity index (χ4n) is 1.62. The van der Waals surface area contributed by atoms with Crippen molar-refractivity contribution < 1.29 is 9.53 Å². The molecule has 0 spiro atoms. The number of carbonyl (C=O) groups excluding carboxylic acids is 1. The highest BCUT2D eigenvalue weighted by atomic mass is 16.5. The summed E-state index contributed by atoms with van der Waals surface area (Å²) < 4.78 is 4.99. The van der Waals surface area contributed by atoms with E-state index in [2.05, 4.69) is 9.97 Å². The quantitative estimate of drug-likeness (QED) is 0.761. The molecule has 0 aliphatic heterocycles. The van der Waals surface area contributed by atoms with Gasteiger partial charge in [0.2, 0.25) is 0 Å². The lowest BCUT2D eigenvalue weighted by atomic mass is 10.2. The van der Waals surface area contributed by atoms with Crippen LogP contribution in [0.1, 0.15) is 23.0 Å². The Morgan fingerprint density at radius 1 is 1.60 bits per heavy atom. The van der Waals surface area contributed by atoms with Gasteiger partial charge >= 0.3 is 5.97 Å². The zero-order chi connectivity index (χ0) is 10.8. The van der Waals surface area contributed by atoms with Crippen molar-refractivity contribution in [3.05, 3.63) is 29.6 Å². The highest BCUT2D eigenvalue weighted by Crippen LogP contribution is 2.20. The molecule has 4 heteroatoms. The van der Waals surface area contributed by atoms with Gasteiger partial charge in [-0.25, -0.2) is 9.78 Å². The lowest BCUT2D eigenvalue weighted by Gasteiger charge is -2.00. The number of hydrogen-bond donors (Lipinski definition) is 1. The molecular weight excluding hydrogens is 192 g/mol. The zero-order valence-electron chi connectivity index (χ0n) is 8.70. The summed E-state index contributed by atoms with van der Waals surface area (Å²) in [6.45, 7) is 4.01. The third kappa shape index (κ3) is 1.58. The normalized spacial score (nSPS) is 10.5. The molecule has 78 valence electrons. The Labute approximate surface area is 87.3 Å². The first-order valence-corrected chi connectivity index (χ1v) is 4.84. The number of aryl methyl sites for hydroxylation is 1. The van der Waals surface area contributed by atoms with E-state index in [-0.39, 0.29) is 5.97 Å². The first-order valence-electron chi connectivity index (χ1n) is 4.84. The van der Waals surface area contributed by atoms with Crippen LogP contribution >= 0.6 is 0 Å².